The molecular formula is C36H44BClN2O6Si2. The average molecular weight is 703 g/mol. The predicted octanol–water partition coefficient (Wildman–Crippen LogP) is 6.91. The third-order valence-corrected chi connectivity index (χ3v) is 8.58. The number of benzene rings is 2. The minimum atomic E-state index is -1.43. The number of hydrogen-bond acceptors (Lipinski definition) is 8. The average Bonchev–Trinajstić information content (AvgIpc) is 3.66. The number of aromatic nitrogens is 2. The lowest BCUT2D eigenvalue weighted by molar-refractivity contribution is 0.101. The van der Waals surface area contributed by atoms with Gasteiger partial charge < -0.3 is 18.9 Å². The molecule has 2 N–H and O–H groups in total. The van der Waals surface area contributed by atoms with Gasteiger partial charge in [-0.2, -0.15) is 0 Å². The van der Waals surface area contributed by atoms with E-state index >= 15 is 0 Å². The molecule has 8 nitrogen and oxygen atoms in total. The first-order valence-corrected chi connectivity index (χ1v) is 22.8. The second-order valence-electron chi connectivity index (χ2n) is 13.2. The number of rotatable bonds is 6. The fourth-order valence-electron chi connectivity index (χ4n) is 4.16. The van der Waals surface area contributed by atoms with E-state index in [0.29, 0.717) is 28.2 Å². The van der Waals surface area contributed by atoms with Crippen LogP contribution in [0.25, 0.3) is 0 Å². The van der Waals surface area contributed by atoms with Crippen molar-refractivity contribution in [3.05, 3.63) is 101 Å². The van der Waals surface area contributed by atoms with Gasteiger partial charge in [0.05, 0.1) is 11.4 Å². The fraction of sp³-hybridized carbons (Fsp3) is 0.333. The van der Waals surface area contributed by atoms with E-state index in [2.05, 4.69) is 76.6 Å². The molecule has 252 valence electrons. The van der Waals surface area contributed by atoms with Gasteiger partial charge in [0.15, 0.2) is 18.5 Å². The van der Waals surface area contributed by atoms with E-state index in [9.17, 15) is 19.6 Å². The van der Waals surface area contributed by atoms with E-state index in [1.807, 2.05) is 50.2 Å². The van der Waals surface area contributed by atoms with Crippen LogP contribution in [0, 0.1) is 36.8 Å². The first kappa shape index (κ1) is 40.2. The van der Waals surface area contributed by atoms with Crippen molar-refractivity contribution < 1.29 is 28.5 Å². The van der Waals surface area contributed by atoms with E-state index in [0.717, 1.165) is 11.1 Å². The van der Waals surface area contributed by atoms with Crippen LogP contribution in [0.5, 0.6) is 0 Å². The first-order chi connectivity index (χ1) is 22.3. The molecule has 12 heteroatoms. The minimum absolute atomic E-state index is 0.00935. The summed E-state index contributed by atoms with van der Waals surface area (Å²) in [5.74, 6) is 6.86. The Morgan fingerprint density at radius 3 is 1.60 bits per heavy atom. The van der Waals surface area contributed by atoms with Crippen molar-refractivity contribution in [1.29, 1.82) is 0 Å². The maximum absolute atomic E-state index is 12.7. The van der Waals surface area contributed by atoms with E-state index in [-0.39, 0.29) is 23.4 Å². The van der Waals surface area contributed by atoms with Gasteiger partial charge in [0.1, 0.15) is 16.1 Å². The Hall–Kier alpha value is -3.97. The lowest BCUT2D eigenvalue weighted by Gasteiger charge is -2.12. The SMILES string of the molecule is CC(C#C[Si](C)(C)C)c1ccccc1B(O)O.Cc1ncoc1C(=O)Cl.Cc1ncoc1C(=O)c1ccccc1C(C)C#C[Si](C)(C)C. The van der Waals surface area contributed by atoms with Gasteiger partial charge >= 0.3 is 7.12 Å². The summed E-state index contributed by atoms with van der Waals surface area (Å²) in [5, 5.41) is 18.0. The van der Waals surface area contributed by atoms with Crippen LogP contribution in [0.3, 0.4) is 0 Å². The summed E-state index contributed by atoms with van der Waals surface area (Å²) in [7, 11) is -4.25. The monoisotopic (exact) mass is 702 g/mol. The van der Waals surface area contributed by atoms with Crippen LogP contribution in [-0.4, -0.2) is 54.3 Å². The maximum Gasteiger partial charge on any atom is 0.488 e. The molecule has 0 bridgehead atoms. The van der Waals surface area contributed by atoms with Crippen LogP contribution >= 0.6 is 11.6 Å². The van der Waals surface area contributed by atoms with Gasteiger partial charge in [-0.05, 0) is 55.9 Å². The number of carbonyl (C=O) groups is 2. The molecule has 0 aliphatic heterocycles. The Kier molecular flexibility index (Phi) is 15.1. The normalized spacial score (nSPS) is 11.9. The van der Waals surface area contributed by atoms with Gasteiger partial charge in [-0.25, -0.2) is 9.97 Å². The predicted molar refractivity (Wildman–Crippen MR) is 198 cm³/mol. The Bertz CT molecular complexity index is 1820. The van der Waals surface area contributed by atoms with Gasteiger partial charge in [0.2, 0.25) is 11.5 Å². The number of oxazole rings is 2. The summed E-state index contributed by atoms with van der Waals surface area (Å²) in [4.78, 5) is 30.7. The Morgan fingerprint density at radius 2 is 1.19 bits per heavy atom. The van der Waals surface area contributed by atoms with Crippen molar-refractivity contribution in [3.8, 4) is 22.9 Å². The summed E-state index contributed by atoms with van der Waals surface area (Å²) >= 11 is 5.08. The number of nitrogens with zero attached hydrogens (tertiary/aromatic N) is 2. The van der Waals surface area contributed by atoms with Crippen molar-refractivity contribution in [2.24, 2.45) is 0 Å². The molecule has 0 amide bonds. The second-order valence-corrected chi connectivity index (χ2v) is 23.1. The molecule has 0 radical (unpaired) electrons. The fourth-order valence-corrected chi connectivity index (χ4v) is 5.64. The topological polar surface area (TPSA) is 127 Å². The maximum atomic E-state index is 12.7. The third kappa shape index (κ3) is 12.9. The number of aryl methyl sites for hydroxylation is 2. The zero-order valence-electron chi connectivity index (χ0n) is 29.3. The largest absolute Gasteiger partial charge is 0.488 e. The van der Waals surface area contributed by atoms with E-state index < -0.39 is 28.5 Å². The highest BCUT2D eigenvalue weighted by molar-refractivity contribution is 6.84. The molecule has 0 saturated heterocycles. The highest BCUT2D eigenvalue weighted by Gasteiger charge is 2.21. The third-order valence-electron chi connectivity index (χ3n) is 6.62. The number of carbonyl (C=O) groups excluding carboxylic acids is 2. The van der Waals surface area contributed by atoms with Gasteiger partial charge in [0.25, 0.3) is 5.24 Å². The summed E-state index contributed by atoms with van der Waals surface area (Å²) in [6.07, 6.45) is 2.49. The number of hydrogen-bond donors (Lipinski definition) is 2. The van der Waals surface area contributed by atoms with Gasteiger partial charge in [0, 0.05) is 17.4 Å². The van der Waals surface area contributed by atoms with Crippen LogP contribution in [0.2, 0.25) is 39.3 Å². The minimum Gasteiger partial charge on any atom is -0.440 e. The van der Waals surface area contributed by atoms with E-state index in [4.69, 9.17) is 16.0 Å². The highest BCUT2D eigenvalue weighted by Crippen LogP contribution is 2.23. The van der Waals surface area contributed by atoms with Crippen LogP contribution in [-0.2, 0) is 0 Å². The van der Waals surface area contributed by atoms with Gasteiger partial charge in [-0.15, -0.1) is 22.9 Å². The molecule has 0 spiro atoms. The molecule has 48 heavy (non-hydrogen) atoms. The molecule has 4 aromatic rings. The van der Waals surface area contributed by atoms with Crippen molar-refractivity contribution in [2.45, 2.75) is 78.8 Å². The smallest absolute Gasteiger partial charge is 0.440 e. The first-order valence-electron chi connectivity index (χ1n) is 15.5. The van der Waals surface area contributed by atoms with E-state index in [1.165, 1.54) is 12.8 Å². The Balaban J connectivity index is 0.000000272. The van der Waals surface area contributed by atoms with Gasteiger partial charge in [-0.1, -0.05) is 87.8 Å². The molecule has 2 aromatic heterocycles. The zero-order chi connectivity index (χ0) is 36.2. The lowest BCUT2D eigenvalue weighted by atomic mass is 9.74. The van der Waals surface area contributed by atoms with Crippen molar-refractivity contribution in [3.63, 3.8) is 0 Å². The molecule has 2 aromatic carbocycles. The summed E-state index contributed by atoms with van der Waals surface area (Å²) in [5.41, 5.74) is 10.8. The molecule has 2 heterocycles. The van der Waals surface area contributed by atoms with E-state index in [1.54, 1.807) is 26.0 Å². The molecule has 2 atom stereocenters. The molecule has 0 aliphatic carbocycles. The Labute approximate surface area is 291 Å². The lowest BCUT2D eigenvalue weighted by Crippen LogP contribution is -2.33. The summed E-state index contributed by atoms with van der Waals surface area (Å²) < 4.78 is 9.87. The second kappa shape index (κ2) is 18.0. The van der Waals surface area contributed by atoms with Crippen LogP contribution < -0.4 is 5.46 Å². The molecule has 4 rings (SSSR count). The van der Waals surface area contributed by atoms with Crippen molar-refractivity contribution >= 4 is 51.4 Å². The Morgan fingerprint density at radius 1 is 0.750 bits per heavy atom. The molecule has 2 unspecified atom stereocenters. The quantitative estimate of drug-likeness (QED) is 0.0961. The summed E-state index contributed by atoms with van der Waals surface area (Å²) in [6.45, 7) is 20.7. The summed E-state index contributed by atoms with van der Waals surface area (Å²) in [6, 6.07) is 14.9. The highest BCUT2D eigenvalue weighted by atomic mass is 35.5. The van der Waals surface area contributed by atoms with Crippen LogP contribution in [0.4, 0.5) is 0 Å². The van der Waals surface area contributed by atoms with Crippen molar-refractivity contribution in [1.82, 2.24) is 9.97 Å². The molecule has 0 saturated carbocycles. The molecule has 0 fully saturated rings. The zero-order valence-corrected chi connectivity index (χ0v) is 32.1. The van der Waals surface area contributed by atoms with Crippen molar-refractivity contribution in [2.75, 3.05) is 0 Å². The number of ketones is 1. The number of halogens is 1. The molecular weight excluding hydrogens is 659 g/mol. The van der Waals surface area contributed by atoms with Gasteiger partial charge in [-0.3, -0.25) is 9.59 Å². The van der Waals surface area contributed by atoms with Crippen LogP contribution in [0.1, 0.15) is 74.9 Å². The standard InChI is InChI=1S/C18H21NO2Si.C13H19BO2Si.C5H4ClNO2/c1-13(10-11-22(3,4)5)15-8-6-7-9-16(15)17(20)18-14(2)19-12-21-18;1-11(9-10-17(2,3)4)12-7-5-6-8-13(12)14(15)16;1-3-4(5(6)8)9-2-7-3/h6-9,12-13H,1-5H3;5-8,11,15-16H,1-4H3;2H,1H3. The molecule has 0 aliphatic rings. The van der Waals surface area contributed by atoms with Crippen LogP contribution in [0.15, 0.2) is 70.2 Å².